The number of carbonyl (C=O) groups excluding carboxylic acids is 2. The van der Waals surface area contributed by atoms with Crippen LogP contribution in [0.1, 0.15) is 15.2 Å². The topological polar surface area (TPSA) is 121 Å². The molecule has 9 nitrogen and oxygen atoms in total. The fourth-order valence-corrected chi connectivity index (χ4v) is 4.60. The molecule has 1 unspecified atom stereocenters. The molecule has 1 aromatic carbocycles. The van der Waals surface area contributed by atoms with Gasteiger partial charge < -0.3 is 20.5 Å². The first-order chi connectivity index (χ1) is 17.1. The summed E-state index contributed by atoms with van der Waals surface area (Å²) in [7, 11) is 0. The molecule has 4 heterocycles. The number of nitrogens with one attached hydrogen (secondary N) is 1. The lowest BCUT2D eigenvalue weighted by molar-refractivity contribution is -0.182. The minimum Gasteiger partial charge on any atom is -0.447 e. The Morgan fingerprint density at radius 3 is 2.57 bits per heavy atom. The lowest BCUT2D eigenvalue weighted by Crippen LogP contribution is -2.61. The minimum absolute atomic E-state index is 0.261. The highest BCUT2D eigenvalue weighted by molar-refractivity contribution is 7.09. The number of ether oxygens (including phenoxy) is 2. The number of amides is 2. The lowest BCUT2D eigenvalue weighted by atomic mass is 10.0. The van der Waals surface area contributed by atoms with Crippen LogP contribution in [0.5, 0.6) is 0 Å². The van der Waals surface area contributed by atoms with Gasteiger partial charge in [0.1, 0.15) is 18.6 Å². The SMILES string of the molecule is NC(=O)C1(C(Cc2cccs2)NC(=O)c2cccnc2-n2ccc(-c3ccccc3)n2)OC=CO1. The third-order valence-electron chi connectivity index (χ3n) is 5.54. The highest BCUT2D eigenvalue weighted by atomic mass is 32.1. The van der Waals surface area contributed by atoms with E-state index in [-0.39, 0.29) is 12.0 Å². The number of primary amides is 1. The molecule has 0 spiro atoms. The highest BCUT2D eigenvalue weighted by Crippen LogP contribution is 2.28. The van der Waals surface area contributed by atoms with Crippen LogP contribution in [0.3, 0.4) is 0 Å². The maximum absolute atomic E-state index is 13.5. The van der Waals surface area contributed by atoms with Gasteiger partial charge in [-0.3, -0.25) is 9.59 Å². The maximum atomic E-state index is 13.5. The van der Waals surface area contributed by atoms with Gasteiger partial charge in [-0.1, -0.05) is 36.4 Å². The summed E-state index contributed by atoms with van der Waals surface area (Å²) in [6.07, 6.45) is 6.06. The van der Waals surface area contributed by atoms with Gasteiger partial charge in [0.15, 0.2) is 5.82 Å². The van der Waals surface area contributed by atoms with E-state index >= 15 is 0 Å². The van der Waals surface area contributed by atoms with E-state index < -0.39 is 23.6 Å². The smallest absolute Gasteiger partial charge is 0.352 e. The van der Waals surface area contributed by atoms with Crippen LogP contribution in [0, 0.1) is 0 Å². The van der Waals surface area contributed by atoms with Crippen LogP contribution in [-0.4, -0.2) is 38.4 Å². The van der Waals surface area contributed by atoms with E-state index in [2.05, 4.69) is 15.4 Å². The average molecular weight is 488 g/mol. The monoisotopic (exact) mass is 487 g/mol. The van der Waals surface area contributed by atoms with Crippen LogP contribution in [0.25, 0.3) is 17.1 Å². The highest BCUT2D eigenvalue weighted by Gasteiger charge is 2.51. The summed E-state index contributed by atoms with van der Waals surface area (Å²) in [5.41, 5.74) is 7.59. The number of thiophene rings is 1. The number of pyridine rings is 1. The molecule has 1 aliphatic rings. The van der Waals surface area contributed by atoms with Crippen LogP contribution in [0.2, 0.25) is 0 Å². The molecule has 0 aliphatic carbocycles. The summed E-state index contributed by atoms with van der Waals surface area (Å²) in [5.74, 6) is -2.86. The normalized spacial score (nSPS) is 14.6. The molecular weight excluding hydrogens is 466 g/mol. The van der Waals surface area contributed by atoms with Crippen molar-refractivity contribution in [1.82, 2.24) is 20.1 Å². The summed E-state index contributed by atoms with van der Waals surface area (Å²) in [6.45, 7) is 0. The molecule has 176 valence electrons. The fourth-order valence-electron chi connectivity index (χ4n) is 3.85. The van der Waals surface area contributed by atoms with Crippen molar-refractivity contribution in [2.45, 2.75) is 18.2 Å². The van der Waals surface area contributed by atoms with Crippen molar-refractivity contribution in [2.24, 2.45) is 5.73 Å². The predicted octanol–water partition coefficient (Wildman–Crippen LogP) is 3.04. The second-order valence-electron chi connectivity index (χ2n) is 7.74. The van der Waals surface area contributed by atoms with E-state index in [1.54, 1.807) is 29.2 Å². The third kappa shape index (κ3) is 4.38. The van der Waals surface area contributed by atoms with E-state index in [0.717, 1.165) is 16.1 Å². The van der Waals surface area contributed by atoms with Gasteiger partial charge in [0.25, 0.3) is 5.91 Å². The van der Waals surface area contributed by atoms with Gasteiger partial charge in [-0.15, -0.1) is 11.3 Å². The molecule has 3 N–H and O–H groups in total. The molecular formula is C25H21N5O4S. The van der Waals surface area contributed by atoms with E-state index in [1.807, 2.05) is 53.9 Å². The molecule has 5 rings (SSSR count). The Morgan fingerprint density at radius 1 is 1.06 bits per heavy atom. The Morgan fingerprint density at radius 2 is 1.86 bits per heavy atom. The maximum Gasteiger partial charge on any atom is 0.352 e. The number of rotatable bonds is 8. The first-order valence-corrected chi connectivity index (χ1v) is 11.6. The second kappa shape index (κ2) is 9.43. The van der Waals surface area contributed by atoms with E-state index in [9.17, 15) is 9.59 Å². The van der Waals surface area contributed by atoms with Crippen molar-refractivity contribution in [2.75, 3.05) is 0 Å². The Kier molecular flexibility index (Phi) is 6.02. The van der Waals surface area contributed by atoms with Crippen molar-refractivity contribution >= 4 is 23.2 Å². The summed E-state index contributed by atoms with van der Waals surface area (Å²) < 4.78 is 12.5. The zero-order valence-electron chi connectivity index (χ0n) is 18.4. The molecule has 0 radical (unpaired) electrons. The van der Waals surface area contributed by atoms with E-state index in [0.29, 0.717) is 5.82 Å². The van der Waals surface area contributed by atoms with E-state index in [1.165, 1.54) is 23.9 Å². The Bertz CT molecular complexity index is 1360. The molecule has 10 heteroatoms. The Hall–Kier alpha value is -4.44. The average Bonchev–Trinajstić information content (AvgIpc) is 3.66. The van der Waals surface area contributed by atoms with Crippen LogP contribution in [0.4, 0.5) is 0 Å². The molecule has 0 bridgehead atoms. The summed E-state index contributed by atoms with van der Waals surface area (Å²) >= 11 is 1.48. The van der Waals surface area contributed by atoms with E-state index in [4.69, 9.17) is 15.2 Å². The second-order valence-corrected chi connectivity index (χ2v) is 8.77. The number of nitrogens with two attached hydrogens (primary N) is 1. The van der Waals surface area contributed by atoms with Crippen LogP contribution < -0.4 is 11.1 Å². The third-order valence-corrected chi connectivity index (χ3v) is 6.44. The zero-order chi connectivity index (χ0) is 24.3. The molecule has 3 aromatic heterocycles. The number of hydrogen-bond acceptors (Lipinski definition) is 7. The number of nitrogens with zero attached hydrogens (tertiary/aromatic N) is 3. The van der Waals surface area contributed by atoms with Crippen molar-refractivity contribution in [3.8, 4) is 17.1 Å². The van der Waals surface area contributed by atoms with Gasteiger partial charge >= 0.3 is 11.7 Å². The zero-order valence-corrected chi connectivity index (χ0v) is 19.2. The van der Waals surface area contributed by atoms with Gasteiger partial charge in [0.05, 0.1) is 11.3 Å². The molecule has 4 aromatic rings. The van der Waals surface area contributed by atoms with Crippen LogP contribution in [0.15, 0.2) is 91.0 Å². The number of benzene rings is 1. The molecule has 2 amide bonds. The molecule has 1 aliphatic heterocycles. The van der Waals surface area contributed by atoms with Crippen LogP contribution >= 0.6 is 11.3 Å². The summed E-state index contributed by atoms with van der Waals surface area (Å²) in [6, 6.07) is 17.7. The van der Waals surface area contributed by atoms with Crippen LogP contribution in [-0.2, 0) is 20.7 Å². The van der Waals surface area contributed by atoms with Gasteiger partial charge in [-0.2, -0.15) is 5.10 Å². The molecule has 0 saturated carbocycles. The van der Waals surface area contributed by atoms with Gasteiger partial charge in [-0.05, 0) is 29.6 Å². The summed E-state index contributed by atoms with van der Waals surface area (Å²) in [4.78, 5) is 31.2. The molecule has 0 saturated heterocycles. The fraction of sp³-hybridized carbons (Fsp3) is 0.120. The largest absolute Gasteiger partial charge is 0.447 e. The lowest BCUT2D eigenvalue weighted by Gasteiger charge is -2.32. The Balaban J connectivity index is 1.46. The standard InChI is InChI=1S/C25H21N5O4S/c26-24(32)25(33-13-14-34-25)21(16-18-8-5-15-35-18)28-23(31)19-9-4-11-27-22(19)30-12-10-20(29-30)17-6-2-1-3-7-17/h1-15,21H,16H2,(H2,26,32)(H,28,31). The minimum atomic E-state index is -1.87. The van der Waals surface area contributed by atoms with Gasteiger partial charge in [0.2, 0.25) is 0 Å². The van der Waals surface area contributed by atoms with Crippen molar-refractivity contribution in [3.05, 3.63) is 101 Å². The first-order valence-electron chi connectivity index (χ1n) is 10.8. The number of hydrogen-bond donors (Lipinski definition) is 2. The number of carbonyl (C=O) groups is 2. The first kappa shape index (κ1) is 22.4. The molecule has 35 heavy (non-hydrogen) atoms. The summed E-state index contributed by atoms with van der Waals surface area (Å²) in [5, 5.41) is 9.38. The molecule has 0 fully saturated rings. The number of aromatic nitrogens is 3. The van der Waals surface area contributed by atoms with Crippen molar-refractivity contribution < 1.29 is 19.1 Å². The Labute approximate surface area is 204 Å². The molecule has 1 atom stereocenters. The predicted molar refractivity (Wildman–Crippen MR) is 129 cm³/mol. The quantitative estimate of drug-likeness (QED) is 0.394. The van der Waals surface area contributed by atoms with Gasteiger partial charge in [-0.25, -0.2) is 9.67 Å². The van der Waals surface area contributed by atoms with Crippen molar-refractivity contribution in [3.63, 3.8) is 0 Å². The van der Waals surface area contributed by atoms with Gasteiger partial charge in [0, 0.05) is 29.3 Å². The van der Waals surface area contributed by atoms with Crippen molar-refractivity contribution in [1.29, 1.82) is 0 Å².